The van der Waals surface area contributed by atoms with Crippen LogP contribution in [-0.2, 0) is 9.59 Å². The zero-order chi connectivity index (χ0) is 18.7. The summed E-state index contributed by atoms with van der Waals surface area (Å²) >= 11 is 9.25. The molecule has 0 spiro atoms. The molecular weight excluding hydrogens is 420 g/mol. The monoisotopic (exact) mass is 436 g/mol. The predicted octanol–water partition coefficient (Wildman–Crippen LogP) is 3.75. The lowest BCUT2D eigenvalue weighted by Gasteiger charge is -2.39. The Morgan fingerprint density at radius 1 is 1.23 bits per heavy atom. The normalized spacial score (nSPS) is 17.3. The van der Waals surface area contributed by atoms with E-state index in [1.807, 2.05) is 24.3 Å². The fourth-order valence-electron chi connectivity index (χ4n) is 2.87. The summed E-state index contributed by atoms with van der Waals surface area (Å²) in [5.74, 6) is 0.249. The molecule has 7 heteroatoms. The van der Waals surface area contributed by atoms with Crippen molar-refractivity contribution in [3.8, 4) is 5.75 Å². The Morgan fingerprint density at radius 2 is 1.96 bits per heavy atom. The van der Waals surface area contributed by atoms with Crippen LogP contribution in [0.1, 0.15) is 6.92 Å². The lowest BCUT2D eigenvalue weighted by Crippen LogP contribution is -2.58. The van der Waals surface area contributed by atoms with Gasteiger partial charge < -0.3 is 14.5 Å². The van der Waals surface area contributed by atoms with Crippen LogP contribution in [0.25, 0.3) is 0 Å². The summed E-state index contributed by atoms with van der Waals surface area (Å²) in [4.78, 5) is 28.5. The highest BCUT2D eigenvalue weighted by Gasteiger charge is 2.35. The van der Waals surface area contributed by atoms with Crippen molar-refractivity contribution in [1.82, 2.24) is 4.90 Å². The van der Waals surface area contributed by atoms with Crippen molar-refractivity contribution in [1.29, 1.82) is 0 Å². The molecular formula is C19H18BrClN2O3. The van der Waals surface area contributed by atoms with Crippen LogP contribution in [0.5, 0.6) is 5.75 Å². The Hall–Kier alpha value is -2.05. The van der Waals surface area contributed by atoms with E-state index in [1.165, 1.54) is 0 Å². The maximum atomic E-state index is 12.7. The summed E-state index contributed by atoms with van der Waals surface area (Å²) in [5, 5.41) is 0.603. The highest BCUT2D eigenvalue weighted by Crippen LogP contribution is 2.24. The zero-order valence-corrected chi connectivity index (χ0v) is 16.5. The van der Waals surface area contributed by atoms with Crippen LogP contribution in [0, 0.1) is 0 Å². The van der Waals surface area contributed by atoms with E-state index in [4.69, 9.17) is 16.3 Å². The number of amides is 2. The number of ether oxygens (including phenoxy) is 1. The molecule has 3 rings (SSSR count). The topological polar surface area (TPSA) is 49.9 Å². The van der Waals surface area contributed by atoms with Gasteiger partial charge in [0.2, 0.25) is 5.91 Å². The largest absolute Gasteiger partial charge is 0.484 e. The van der Waals surface area contributed by atoms with E-state index in [1.54, 1.807) is 41.0 Å². The van der Waals surface area contributed by atoms with Gasteiger partial charge in [-0.3, -0.25) is 9.59 Å². The number of rotatable bonds is 4. The summed E-state index contributed by atoms with van der Waals surface area (Å²) in [6.45, 7) is 2.54. The Morgan fingerprint density at radius 3 is 2.65 bits per heavy atom. The molecule has 1 aliphatic heterocycles. The van der Waals surface area contributed by atoms with E-state index < -0.39 is 6.04 Å². The fourth-order valence-corrected chi connectivity index (χ4v) is 3.38. The minimum atomic E-state index is -0.538. The molecule has 1 aliphatic rings. The Balaban J connectivity index is 1.62. The SMILES string of the molecule is C[C@H]1C(=O)N(c2cccc(Br)c2)CCN1C(=O)COc1ccc(Cl)cc1. The number of nitrogens with zero attached hydrogens (tertiary/aromatic N) is 2. The van der Waals surface area contributed by atoms with E-state index in [0.717, 1.165) is 10.2 Å². The first-order valence-electron chi connectivity index (χ1n) is 8.20. The quantitative estimate of drug-likeness (QED) is 0.732. The highest BCUT2D eigenvalue weighted by molar-refractivity contribution is 9.10. The number of hydrogen-bond donors (Lipinski definition) is 0. The summed E-state index contributed by atoms with van der Waals surface area (Å²) in [6.07, 6.45) is 0. The number of benzene rings is 2. The lowest BCUT2D eigenvalue weighted by atomic mass is 10.1. The molecule has 136 valence electrons. The standard InChI is InChI=1S/C19H18BrClN2O3/c1-13-19(25)23(16-4-2-3-14(20)11-16)10-9-22(13)18(24)12-26-17-7-5-15(21)6-8-17/h2-8,11,13H,9-10,12H2,1H3/t13-/m0/s1. The van der Waals surface area contributed by atoms with Crippen molar-refractivity contribution < 1.29 is 14.3 Å². The van der Waals surface area contributed by atoms with Crippen LogP contribution in [0.2, 0.25) is 5.02 Å². The van der Waals surface area contributed by atoms with Crippen LogP contribution in [0.4, 0.5) is 5.69 Å². The smallest absolute Gasteiger partial charge is 0.261 e. The van der Waals surface area contributed by atoms with Crippen molar-refractivity contribution in [2.24, 2.45) is 0 Å². The molecule has 0 saturated carbocycles. The van der Waals surface area contributed by atoms with Gasteiger partial charge >= 0.3 is 0 Å². The average molecular weight is 438 g/mol. The molecule has 2 aromatic rings. The molecule has 1 fully saturated rings. The van der Waals surface area contributed by atoms with Gasteiger partial charge in [-0.05, 0) is 49.4 Å². The van der Waals surface area contributed by atoms with Gasteiger partial charge in [-0.15, -0.1) is 0 Å². The van der Waals surface area contributed by atoms with Gasteiger partial charge in [0.05, 0.1) is 0 Å². The maximum absolute atomic E-state index is 12.7. The molecule has 26 heavy (non-hydrogen) atoms. The summed E-state index contributed by atoms with van der Waals surface area (Å²) in [5.41, 5.74) is 0.820. The third kappa shape index (κ3) is 4.19. The number of piperazine rings is 1. The van der Waals surface area contributed by atoms with E-state index in [0.29, 0.717) is 23.9 Å². The molecule has 0 bridgehead atoms. The van der Waals surface area contributed by atoms with E-state index >= 15 is 0 Å². The minimum absolute atomic E-state index is 0.103. The summed E-state index contributed by atoms with van der Waals surface area (Å²) < 4.78 is 6.41. The van der Waals surface area contributed by atoms with Gasteiger partial charge in [-0.1, -0.05) is 33.6 Å². The zero-order valence-electron chi connectivity index (χ0n) is 14.2. The first kappa shape index (κ1) is 18.7. The van der Waals surface area contributed by atoms with Crippen molar-refractivity contribution in [3.63, 3.8) is 0 Å². The molecule has 0 N–H and O–H groups in total. The molecule has 0 radical (unpaired) electrons. The second kappa shape index (κ2) is 8.10. The second-order valence-corrected chi connectivity index (χ2v) is 7.33. The third-order valence-corrected chi connectivity index (χ3v) is 5.02. The maximum Gasteiger partial charge on any atom is 0.261 e. The van der Waals surface area contributed by atoms with E-state index in [9.17, 15) is 9.59 Å². The van der Waals surface area contributed by atoms with Crippen molar-refractivity contribution in [3.05, 3.63) is 58.0 Å². The molecule has 5 nitrogen and oxygen atoms in total. The van der Waals surface area contributed by atoms with Gasteiger partial charge in [0, 0.05) is 28.3 Å². The molecule has 1 heterocycles. The Bertz CT molecular complexity index is 813. The predicted molar refractivity (Wildman–Crippen MR) is 105 cm³/mol. The molecule has 1 atom stereocenters. The van der Waals surface area contributed by atoms with Crippen molar-refractivity contribution >= 4 is 45.0 Å². The minimum Gasteiger partial charge on any atom is -0.484 e. The first-order chi connectivity index (χ1) is 12.5. The van der Waals surface area contributed by atoms with E-state index in [2.05, 4.69) is 15.9 Å². The van der Waals surface area contributed by atoms with Gasteiger partial charge in [0.25, 0.3) is 5.91 Å². The number of carbonyl (C=O) groups is 2. The molecule has 0 aliphatic carbocycles. The highest BCUT2D eigenvalue weighted by atomic mass is 79.9. The van der Waals surface area contributed by atoms with Crippen molar-refractivity contribution in [2.45, 2.75) is 13.0 Å². The summed E-state index contributed by atoms with van der Waals surface area (Å²) in [7, 11) is 0. The van der Waals surface area contributed by atoms with Gasteiger partial charge in [0.1, 0.15) is 11.8 Å². The lowest BCUT2D eigenvalue weighted by molar-refractivity contribution is -0.142. The number of halogens is 2. The van der Waals surface area contributed by atoms with Crippen LogP contribution in [-0.4, -0.2) is 42.5 Å². The molecule has 2 aromatic carbocycles. The molecule has 0 aromatic heterocycles. The molecule has 1 saturated heterocycles. The average Bonchev–Trinajstić information content (AvgIpc) is 2.63. The number of carbonyl (C=O) groups excluding carboxylic acids is 2. The van der Waals surface area contributed by atoms with Crippen LogP contribution < -0.4 is 9.64 Å². The number of anilines is 1. The first-order valence-corrected chi connectivity index (χ1v) is 9.37. The molecule has 0 unspecified atom stereocenters. The van der Waals surface area contributed by atoms with Gasteiger partial charge in [0.15, 0.2) is 6.61 Å². The van der Waals surface area contributed by atoms with Crippen LogP contribution in [0.3, 0.4) is 0 Å². The van der Waals surface area contributed by atoms with Crippen molar-refractivity contribution in [2.75, 3.05) is 24.6 Å². The second-order valence-electron chi connectivity index (χ2n) is 5.98. The number of hydrogen-bond acceptors (Lipinski definition) is 3. The van der Waals surface area contributed by atoms with Crippen LogP contribution >= 0.6 is 27.5 Å². The molecule has 2 amide bonds. The van der Waals surface area contributed by atoms with E-state index in [-0.39, 0.29) is 18.4 Å². The van der Waals surface area contributed by atoms with Gasteiger partial charge in [-0.2, -0.15) is 0 Å². The summed E-state index contributed by atoms with van der Waals surface area (Å²) in [6, 6.07) is 13.8. The van der Waals surface area contributed by atoms with Gasteiger partial charge in [-0.25, -0.2) is 0 Å². The third-order valence-electron chi connectivity index (χ3n) is 4.27. The van der Waals surface area contributed by atoms with Crippen LogP contribution in [0.15, 0.2) is 53.0 Å². The Kier molecular flexibility index (Phi) is 5.84. The fraction of sp³-hybridized carbons (Fsp3) is 0.263. The Labute approximate surface area is 165 Å².